The van der Waals surface area contributed by atoms with E-state index in [9.17, 15) is 14.0 Å². The Morgan fingerprint density at radius 2 is 1.74 bits per heavy atom. The third kappa shape index (κ3) is 4.85. The molecule has 1 aromatic heterocycles. The van der Waals surface area contributed by atoms with E-state index in [-0.39, 0.29) is 17.6 Å². The number of nitrogens with zero attached hydrogens (tertiary/aromatic N) is 3. The molecule has 0 radical (unpaired) electrons. The number of aromatic nitrogens is 1. The lowest BCUT2D eigenvalue weighted by atomic mass is 10.00. The van der Waals surface area contributed by atoms with Crippen molar-refractivity contribution < 1.29 is 14.0 Å². The van der Waals surface area contributed by atoms with E-state index in [1.54, 1.807) is 4.90 Å². The molecule has 0 atom stereocenters. The SMILES string of the molecule is Cc1sc(NC(=O)CN2CCc3ccccc3C2)nc1-c1ccc2c(c1)CCN2C(=O)c1ccc(F)cc1. The second kappa shape index (κ2) is 10.1. The van der Waals surface area contributed by atoms with Gasteiger partial charge in [-0.05, 0) is 72.9 Å². The number of carbonyl (C=O) groups excluding carboxylic acids is 2. The standard InChI is InChI=1S/C30H27FN4O2S/c1-19-28(33-30(38-19)32-27(36)18-34-14-12-20-4-2-3-5-24(20)17-34)23-8-11-26-22(16-23)13-15-35(26)29(37)21-6-9-25(31)10-7-21/h2-11,16H,12-15,17-18H2,1H3,(H,32,33,36). The van der Waals surface area contributed by atoms with Gasteiger partial charge in [0.05, 0.1) is 12.2 Å². The first-order chi connectivity index (χ1) is 18.4. The lowest BCUT2D eigenvalue weighted by Gasteiger charge is -2.27. The van der Waals surface area contributed by atoms with Crippen LogP contribution in [-0.2, 0) is 24.2 Å². The predicted octanol–water partition coefficient (Wildman–Crippen LogP) is 5.46. The number of aryl methyl sites for hydroxylation is 1. The number of nitrogens with one attached hydrogen (secondary N) is 1. The molecule has 8 heteroatoms. The number of rotatable bonds is 5. The highest BCUT2D eigenvalue weighted by Gasteiger charge is 2.26. The molecular weight excluding hydrogens is 499 g/mol. The van der Waals surface area contributed by atoms with E-state index in [0.29, 0.717) is 23.8 Å². The molecule has 0 saturated heterocycles. The number of hydrogen-bond donors (Lipinski definition) is 1. The largest absolute Gasteiger partial charge is 0.308 e. The summed E-state index contributed by atoms with van der Waals surface area (Å²) in [6, 6.07) is 20.0. The Kier molecular flexibility index (Phi) is 6.51. The van der Waals surface area contributed by atoms with Crippen molar-refractivity contribution in [3.05, 3.63) is 99.7 Å². The Balaban J connectivity index is 1.13. The molecule has 0 fully saturated rings. The first kappa shape index (κ1) is 24.5. The average molecular weight is 527 g/mol. The molecule has 4 aromatic rings. The zero-order chi connectivity index (χ0) is 26.2. The quantitative estimate of drug-likeness (QED) is 0.375. The average Bonchev–Trinajstić information content (AvgIpc) is 3.51. The molecule has 6 nitrogen and oxygen atoms in total. The van der Waals surface area contributed by atoms with Crippen LogP contribution in [0.3, 0.4) is 0 Å². The molecular formula is C30H27FN4O2S. The summed E-state index contributed by atoms with van der Waals surface area (Å²) in [5.74, 6) is -0.559. The Hall–Kier alpha value is -3.88. The van der Waals surface area contributed by atoms with Gasteiger partial charge in [0.25, 0.3) is 5.91 Å². The van der Waals surface area contributed by atoms with E-state index in [2.05, 4.69) is 34.5 Å². The highest BCUT2D eigenvalue weighted by atomic mass is 32.1. The molecule has 2 amide bonds. The maximum absolute atomic E-state index is 13.3. The number of thiazole rings is 1. The van der Waals surface area contributed by atoms with E-state index < -0.39 is 0 Å². The van der Waals surface area contributed by atoms with Gasteiger partial charge >= 0.3 is 0 Å². The van der Waals surface area contributed by atoms with Gasteiger partial charge < -0.3 is 10.2 Å². The van der Waals surface area contributed by atoms with Gasteiger partial charge in [-0.1, -0.05) is 30.3 Å². The molecule has 6 rings (SSSR count). The number of halogens is 1. The molecule has 1 N–H and O–H groups in total. The van der Waals surface area contributed by atoms with Crippen molar-refractivity contribution in [1.29, 1.82) is 0 Å². The Labute approximate surface area is 224 Å². The fraction of sp³-hybridized carbons (Fsp3) is 0.233. The number of amides is 2. The molecule has 0 aliphatic carbocycles. The van der Waals surface area contributed by atoms with Crippen molar-refractivity contribution in [3.63, 3.8) is 0 Å². The van der Waals surface area contributed by atoms with Crippen LogP contribution in [0.4, 0.5) is 15.2 Å². The number of fused-ring (bicyclic) bond motifs is 2. The van der Waals surface area contributed by atoms with Crippen LogP contribution in [0.5, 0.6) is 0 Å². The second-order valence-corrected chi connectivity index (χ2v) is 11.0. The minimum atomic E-state index is -0.362. The summed E-state index contributed by atoms with van der Waals surface area (Å²) in [6.45, 7) is 4.55. The fourth-order valence-corrected chi connectivity index (χ4v) is 6.13. The van der Waals surface area contributed by atoms with Crippen LogP contribution in [0.15, 0.2) is 66.7 Å². The highest BCUT2D eigenvalue weighted by Crippen LogP contribution is 2.36. The molecule has 0 bridgehead atoms. The van der Waals surface area contributed by atoms with Crippen molar-refractivity contribution in [3.8, 4) is 11.3 Å². The van der Waals surface area contributed by atoms with Crippen molar-refractivity contribution in [1.82, 2.24) is 9.88 Å². The van der Waals surface area contributed by atoms with Crippen molar-refractivity contribution >= 4 is 34.0 Å². The molecule has 192 valence electrons. The zero-order valence-electron chi connectivity index (χ0n) is 21.0. The van der Waals surface area contributed by atoms with Crippen molar-refractivity contribution in [2.45, 2.75) is 26.3 Å². The van der Waals surface area contributed by atoms with Gasteiger partial charge in [0.2, 0.25) is 5.91 Å². The third-order valence-electron chi connectivity index (χ3n) is 7.20. The summed E-state index contributed by atoms with van der Waals surface area (Å²) in [7, 11) is 0. The summed E-state index contributed by atoms with van der Waals surface area (Å²) >= 11 is 1.47. The van der Waals surface area contributed by atoms with E-state index in [1.165, 1.54) is 46.7 Å². The van der Waals surface area contributed by atoms with Crippen molar-refractivity contribution in [2.24, 2.45) is 0 Å². The summed E-state index contributed by atoms with van der Waals surface area (Å²) in [4.78, 5) is 35.4. The van der Waals surface area contributed by atoms with Gasteiger partial charge in [-0.2, -0.15) is 0 Å². The minimum Gasteiger partial charge on any atom is -0.308 e. The molecule has 38 heavy (non-hydrogen) atoms. The predicted molar refractivity (Wildman–Crippen MR) is 148 cm³/mol. The van der Waals surface area contributed by atoms with Crippen LogP contribution in [0.25, 0.3) is 11.3 Å². The van der Waals surface area contributed by atoms with E-state index in [0.717, 1.165) is 53.3 Å². The lowest BCUT2D eigenvalue weighted by molar-refractivity contribution is -0.117. The molecule has 3 heterocycles. The topological polar surface area (TPSA) is 65.5 Å². The van der Waals surface area contributed by atoms with E-state index >= 15 is 0 Å². The number of anilines is 2. The van der Waals surface area contributed by atoms with Crippen LogP contribution in [0.1, 0.15) is 31.9 Å². The molecule has 2 aliphatic heterocycles. The lowest BCUT2D eigenvalue weighted by Crippen LogP contribution is -2.37. The minimum absolute atomic E-state index is 0.0615. The second-order valence-electron chi connectivity index (χ2n) is 9.76. The summed E-state index contributed by atoms with van der Waals surface area (Å²) in [6.07, 6.45) is 1.69. The monoisotopic (exact) mass is 526 g/mol. The summed E-state index contributed by atoms with van der Waals surface area (Å²) in [5.41, 5.74) is 6.85. The van der Waals surface area contributed by atoms with E-state index in [4.69, 9.17) is 4.98 Å². The number of carbonyl (C=O) groups is 2. The highest BCUT2D eigenvalue weighted by molar-refractivity contribution is 7.16. The van der Waals surface area contributed by atoms with Gasteiger partial charge in [0, 0.05) is 41.3 Å². The Morgan fingerprint density at radius 1 is 0.974 bits per heavy atom. The van der Waals surface area contributed by atoms with Crippen LogP contribution < -0.4 is 10.2 Å². The van der Waals surface area contributed by atoms with Gasteiger partial charge in [0.1, 0.15) is 5.82 Å². The van der Waals surface area contributed by atoms with Crippen LogP contribution >= 0.6 is 11.3 Å². The van der Waals surface area contributed by atoms with Crippen LogP contribution in [0.2, 0.25) is 0 Å². The van der Waals surface area contributed by atoms with Crippen molar-refractivity contribution in [2.75, 3.05) is 29.9 Å². The maximum Gasteiger partial charge on any atom is 0.258 e. The van der Waals surface area contributed by atoms with Crippen LogP contribution in [0, 0.1) is 12.7 Å². The third-order valence-corrected chi connectivity index (χ3v) is 8.09. The maximum atomic E-state index is 13.3. The first-order valence-electron chi connectivity index (χ1n) is 12.7. The molecule has 0 saturated carbocycles. The molecule has 2 aliphatic rings. The van der Waals surface area contributed by atoms with Gasteiger partial charge in [-0.15, -0.1) is 11.3 Å². The molecule has 0 spiro atoms. The Bertz CT molecular complexity index is 1530. The Morgan fingerprint density at radius 3 is 2.55 bits per heavy atom. The molecule has 0 unspecified atom stereocenters. The smallest absolute Gasteiger partial charge is 0.258 e. The molecule has 3 aromatic carbocycles. The zero-order valence-corrected chi connectivity index (χ0v) is 21.9. The summed E-state index contributed by atoms with van der Waals surface area (Å²) < 4.78 is 13.3. The van der Waals surface area contributed by atoms with Gasteiger partial charge in [-0.25, -0.2) is 9.37 Å². The van der Waals surface area contributed by atoms with E-state index in [1.807, 2.05) is 25.1 Å². The number of hydrogen-bond acceptors (Lipinski definition) is 5. The van der Waals surface area contributed by atoms with Gasteiger partial charge in [-0.3, -0.25) is 14.5 Å². The number of benzene rings is 3. The van der Waals surface area contributed by atoms with Gasteiger partial charge in [0.15, 0.2) is 5.13 Å². The van der Waals surface area contributed by atoms with Crippen LogP contribution in [-0.4, -0.2) is 41.3 Å². The normalized spacial score (nSPS) is 14.7. The summed E-state index contributed by atoms with van der Waals surface area (Å²) in [5, 5.41) is 3.58. The fourth-order valence-electron chi connectivity index (χ4n) is 5.28. The first-order valence-corrected chi connectivity index (χ1v) is 13.5.